The van der Waals surface area contributed by atoms with E-state index in [1.54, 1.807) is 13.2 Å². The third-order valence-corrected chi connectivity index (χ3v) is 3.17. The largest absolute Gasteiger partial charge is 0.496 e. The number of nitrogen functional groups attached to an aromatic ring is 1. The Morgan fingerprint density at radius 1 is 1.35 bits per heavy atom. The van der Waals surface area contributed by atoms with Crippen LogP contribution in [0.2, 0.25) is 5.02 Å². The minimum Gasteiger partial charge on any atom is -0.496 e. The first-order chi connectivity index (χ1) is 9.69. The zero-order valence-corrected chi connectivity index (χ0v) is 12.2. The summed E-state index contributed by atoms with van der Waals surface area (Å²) in [5, 5.41) is 0.543. The Morgan fingerprint density at radius 2 is 2.15 bits per heavy atom. The molecule has 0 aliphatic rings. The highest BCUT2D eigenvalue weighted by atomic mass is 35.5. The molecule has 0 unspecified atom stereocenters. The predicted octanol–water partition coefficient (Wildman–Crippen LogP) is 3.04. The summed E-state index contributed by atoms with van der Waals surface area (Å²) < 4.78 is 5.34. The van der Waals surface area contributed by atoms with Crippen LogP contribution >= 0.6 is 11.6 Å². The number of nitrogens with one attached hydrogen (secondary N) is 1. The Balaban J connectivity index is 2.59. The Morgan fingerprint density at radius 3 is 2.80 bits per heavy atom. The van der Waals surface area contributed by atoms with Crippen LogP contribution in [-0.2, 0) is 6.42 Å². The molecule has 2 rings (SSSR count). The number of rotatable bonds is 5. The van der Waals surface area contributed by atoms with Gasteiger partial charge in [-0.3, -0.25) is 0 Å². The summed E-state index contributed by atoms with van der Waals surface area (Å²) in [6, 6.07) is 7.26. The summed E-state index contributed by atoms with van der Waals surface area (Å²) in [6.45, 7) is 2.09. The van der Waals surface area contributed by atoms with Crippen molar-refractivity contribution in [2.45, 2.75) is 19.8 Å². The summed E-state index contributed by atoms with van der Waals surface area (Å²) in [4.78, 5) is 8.90. The Hall–Kier alpha value is -1.85. The first-order valence-electron chi connectivity index (χ1n) is 6.37. The smallest absolute Gasteiger partial charge is 0.167 e. The topological polar surface area (TPSA) is 73.1 Å². The minimum absolute atomic E-state index is 0.506. The molecule has 0 radical (unpaired) electrons. The second-order valence-electron chi connectivity index (χ2n) is 4.28. The highest BCUT2D eigenvalue weighted by Crippen LogP contribution is 2.34. The monoisotopic (exact) mass is 292 g/mol. The SMILES string of the molecule is CCCc1cc(NN)nc(-c2c(Cl)cccc2OC)n1. The molecule has 1 aromatic carbocycles. The van der Waals surface area contributed by atoms with Crippen LogP contribution in [-0.4, -0.2) is 17.1 Å². The molecule has 5 nitrogen and oxygen atoms in total. The third kappa shape index (κ3) is 3.00. The number of anilines is 1. The van der Waals surface area contributed by atoms with Gasteiger partial charge in [0.15, 0.2) is 5.82 Å². The zero-order chi connectivity index (χ0) is 14.5. The maximum atomic E-state index is 6.26. The molecule has 0 atom stereocenters. The standard InChI is InChI=1S/C14H17ClN4O/c1-3-5-9-8-12(19-16)18-14(17-9)13-10(15)6-4-7-11(13)20-2/h4,6-8H,3,5,16H2,1-2H3,(H,17,18,19). The molecular weight excluding hydrogens is 276 g/mol. The second kappa shape index (κ2) is 6.54. The minimum atomic E-state index is 0.506. The van der Waals surface area contributed by atoms with E-state index in [1.165, 1.54) is 0 Å². The number of benzene rings is 1. The number of methoxy groups -OCH3 is 1. The van der Waals surface area contributed by atoms with Crippen molar-refractivity contribution in [3.05, 3.63) is 35.0 Å². The number of ether oxygens (including phenoxy) is 1. The molecule has 3 N–H and O–H groups in total. The number of hydrazine groups is 1. The van der Waals surface area contributed by atoms with Gasteiger partial charge in [-0.2, -0.15) is 0 Å². The molecule has 1 heterocycles. The molecule has 0 aliphatic heterocycles. The number of hydrogen-bond acceptors (Lipinski definition) is 5. The van der Waals surface area contributed by atoms with Crippen LogP contribution in [0.1, 0.15) is 19.0 Å². The average Bonchev–Trinajstić information content (AvgIpc) is 2.46. The lowest BCUT2D eigenvalue weighted by molar-refractivity contribution is 0.416. The Labute approximate surface area is 123 Å². The summed E-state index contributed by atoms with van der Waals surface area (Å²) in [5.41, 5.74) is 4.14. The van der Waals surface area contributed by atoms with Gasteiger partial charge in [-0.05, 0) is 18.6 Å². The fourth-order valence-corrected chi connectivity index (χ4v) is 2.21. The van der Waals surface area contributed by atoms with Gasteiger partial charge in [-0.1, -0.05) is 31.0 Å². The van der Waals surface area contributed by atoms with Crippen molar-refractivity contribution in [2.24, 2.45) is 5.84 Å². The average molecular weight is 293 g/mol. The van der Waals surface area contributed by atoms with Crippen LogP contribution in [0.3, 0.4) is 0 Å². The van der Waals surface area contributed by atoms with Gasteiger partial charge in [-0.15, -0.1) is 0 Å². The predicted molar refractivity (Wildman–Crippen MR) is 80.8 cm³/mol. The van der Waals surface area contributed by atoms with Crippen LogP contribution in [0.4, 0.5) is 5.82 Å². The maximum absolute atomic E-state index is 6.26. The van der Waals surface area contributed by atoms with E-state index in [-0.39, 0.29) is 0 Å². The number of aryl methyl sites for hydroxylation is 1. The van der Waals surface area contributed by atoms with E-state index in [0.717, 1.165) is 18.5 Å². The summed E-state index contributed by atoms with van der Waals surface area (Å²) >= 11 is 6.26. The van der Waals surface area contributed by atoms with Gasteiger partial charge in [0.2, 0.25) is 0 Å². The molecule has 0 saturated heterocycles. The van der Waals surface area contributed by atoms with Gasteiger partial charge in [0.25, 0.3) is 0 Å². The fraction of sp³-hybridized carbons (Fsp3) is 0.286. The highest BCUT2D eigenvalue weighted by Gasteiger charge is 2.15. The van der Waals surface area contributed by atoms with Crippen molar-refractivity contribution in [2.75, 3.05) is 12.5 Å². The van der Waals surface area contributed by atoms with Crippen molar-refractivity contribution in [1.82, 2.24) is 9.97 Å². The van der Waals surface area contributed by atoms with E-state index in [0.29, 0.717) is 28.0 Å². The fourth-order valence-electron chi connectivity index (χ4n) is 1.96. The van der Waals surface area contributed by atoms with Gasteiger partial charge >= 0.3 is 0 Å². The molecule has 1 aromatic heterocycles. The van der Waals surface area contributed by atoms with Crippen LogP contribution < -0.4 is 16.0 Å². The lowest BCUT2D eigenvalue weighted by Gasteiger charge is -2.11. The molecule has 20 heavy (non-hydrogen) atoms. The van der Waals surface area contributed by atoms with Gasteiger partial charge in [0, 0.05) is 11.8 Å². The van der Waals surface area contributed by atoms with Crippen LogP contribution in [0, 0.1) is 0 Å². The summed E-state index contributed by atoms with van der Waals surface area (Å²) in [5.74, 6) is 7.16. The second-order valence-corrected chi connectivity index (χ2v) is 4.69. The number of nitrogens with zero attached hydrogens (tertiary/aromatic N) is 2. The van der Waals surface area contributed by atoms with Crippen molar-refractivity contribution >= 4 is 17.4 Å². The molecule has 0 aliphatic carbocycles. The van der Waals surface area contributed by atoms with E-state index in [9.17, 15) is 0 Å². The Bertz CT molecular complexity index is 604. The molecule has 0 fully saturated rings. The maximum Gasteiger partial charge on any atom is 0.167 e. The van der Waals surface area contributed by atoms with Gasteiger partial charge in [-0.25, -0.2) is 15.8 Å². The number of hydrogen-bond donors (Lipinski definition) is 2. The van der Waals surface area contributed by atoms with Crippen molar-refractivity contribution in [1.29, 1.82) is 0 Å². The summed E-state index contributed by atoms with van der Waals surface area (Å²) in [6.07, 6.45) is 1.83. The number of halogens is 1. The van der Waals surface area contributed by atoms with Crippen LogP contribution in [0.5, 0.6) is 5.75 Å². The van der Waals surface area contributed by atoms with E-state index < -0.39 is 0 Å². The zero-order valence-electron chi connectivity index (χ0n) is 11.5. The van der Waals surface area contributed by atoms with E-state index in [1.807, 2.05) is 18.2 Å². The summed E-state index contributed by atoms with van der Waals surface area (Å²) in [7, 11) is 1.59. The Kier molecular flexibility index (Phi) is 4.76. The van der Waals surface area contributed by atoms with Gasteiger partial charge < -0.3 is 10.2 Å². The van der Waals surface area contributed by atoms with Crippen LogP contribution in [0.25, 0.3) is 11.4 Å². The molecule has 0 saturated carbocycles. The van der Waals surface area contributed by atoms with E-state index in [4.69, 9.17) is 22.2 Å². The van der Waals surface area contributed by atoms with E-state index >= 15 is 0 Å². The van der Waals surface area contributed by atoms with Crippen molar-refractivity contribution in [3.8, 4) is 17.1 Å². The molecule has 2 aromatic rings. The first kappa shape index (κ1) is 14.6. The van der Waals surface area contributed by atoms with E-state index in [2.05, 4.69) is 22.3 Å². The molecular formula is C14H17ClN4O. The van der Waals surface area contributed by atoms with Gasteiger partial charge in [0.05, 0.1) is 17.7 Å². The lowest BCUT2D eigenvalue weighted by atomic mass is 10.1. The molecule has 0 spiro atoms. The van der Waals surface area contributed by atoms with Gasteiger partial charge in [0.1, 0.15) is 11.6 Å². The quantitative estimate of drug-likeness (QED) is 0.654. The molecule has 106 valence electrons. The highest BCUT2D eigenvalue weighted by molar-refractivity contribution is 6.33. The van der Waals surface area contributed by atoms with Crippen molar-refractivity contribution < 1.29 is 4.74 Å². The number of nitrogens with two attached hydrogens (primary N) is 1. The number of aromatic nitrogens is 2. The van der Waals surface area contributed by atoms with Crippen LogP contribution in [0.15, 0.2) is 24.3 Å². The first-order valence-corrected chi connectivity index (χ1v) is 6.74. The molecule has 0 bridgehead atoms. The normalized spacial score (nSPS) is 10.4. The van der Waals surface area contributed by atoms with Crippen molar-refractivity contribution in [3.63, 3.8) is 0 Å². The third-order valence-electron chi connectivity index (χ3n) is 2.85. The lowest BCUT2D eigenvalue weighted by Crippen LogP contribution is -2.11. The molecule has 6 heteroatoms. The molecule has 0 amide bonds.